The zero-order valence-corrected chi connectivity index (χ0v) is 12.2. The van der Waals surface area contributed by atoms with Crippen LogP contribution in [0.1, 0.15) is 31.1 Å². The minimum atomic E-state index is -0.443. The van der Waals surface area contributed by atoms with E-state index in [-0.39, 0.29) is 11.7 Å². The number of carbonyl (C=O) groups is 1. The van der Waals surface area contributed by atoms with Gasteiger partial charge in [-0.3, -0.25) is 4.79 Å². The molecule has 0 aliphatic carbocycles. The highest BCUT2D eigenvalue weighted by Gasteiger charge is 2.24. The number of hydrogen-bond donors (Lipinski definition) is 0. The predicted molar refractivity (Wildman–Crippen MR) is 74.1 cm³/mol. The van der Waals surface area contributed by atoms with Crippen molar-refractivity contribution in [2.24, 2.45) is 5.92 Å². The van der Waals surface area contributed by atoms with E-state index < -0.39 is 6.10 Å². The third-order valence-corrected chi connectivity index (χ3v) is 2.85. The first-order valence-electron chi connectivity index (χ1n) is 6.42. The fraction of sp³-hybridized carbons (Fsp3) is 0.533. The van der Waals surface area contributed by atoms with Crippen molar-refractivity contribution in [1.82, 2.24) is 0 Å². The molecule has 1 rings (SSSR count). The monoisotopic (exact) mass is 266 g/mol. The molecule has 0 amide bonds. The summed E-state index contributed by atoms with van der Waals surface area (Å²) < 4.78 is 15.9. The molecule has 0 heterocycles. The van der Waals surface area contributed by atoms with Gasteiger partial charge in [0.2, 0.25) is 0 Å². The second-order valence-corrected chi connectivity index (χ2v) is 4.59. The summed E-state index contributed by atoms with van der Waals surface area (Å²) in [5.74, 6) is 1.27. The van der Waals surface area contributed by atoms with Crippen LogP contribution in [0.2, 0.25) is 0 Å². The summed E-state index contributed by atoms with van der Waals surface area (Å²) in [5.41, 5.74) is 0.545. The minimum absolute atomic E-state index is 0.0472. The van der Waals surface area contributed by atoms with Crippen LogP contribution >= 0.6 is 0 Å². The Labute approximate surface area is 114 Å². The van der Waals surface area contributed by atoms with Crippen molar-refractivity contribution in [2.45, 2.75) is 26.9 Å². The van der Waals surface area contributed by atoms with Gasteiger partial charge in [0.15, 0.2) is 5.78 Å². The number of Topliss-reactive ketones (excluding diaryl/α,β-unsaturated/α-hetero) is 1. The molecule has 0 spiro atoms. The van der Waals surface area contributed by atoms with Crippen LogP contribution in [0.15, 0.2) is 18.2 Å². The molecule has 0 aromatic heterocycles. The molecule has 0 fully saturated rings. The Hall–Kier alpha value is -1.55. The quantitative estimate of drug-likeness (QED) is 0.712. The number of methoxy groups -OCH3 is 2. The van der Waals surface area contributed by atoms with Crippen LogP contribution < -0.4 is 9.47 Å². The lowest BCUT2D eigenvalue weighted by Crippen LogP contribution is -2.29. The molecule has 0 N–H and O–H groups in total. The van der Waals surface area contributed by atoms with Crippen LogP contribution in [0.25, 0.3) is 0 Å². The normalized spacial score (nSPS) is 12.3. The van der Waals surface area contributed by atoms with Gasteiger partial charge in [0, 0.05) is 18.2 Å². The van der Waals surface area contributed by atoms with E-state index in [0.29, 0.717) is 23.7 Å². The van der Waals surface area contributed by atoms with Crippen LogP contribution in [-0.4, -0.2) is 32.7 Å². The predicted octanol–water partition coefficient (Wildman–Crippen LogP) is 2.95. The lowest BCUT2D eigenvalue weighted by molar-refractivity contribution is 0.0279. The van der Waals surface area contributed by atoms with Gasteiger partial charge in [-0.15, -0.1) is 0 Å². The average molecular weight is 266 g/mol. The number of rotatable bonds is 7. The molecule has 0 aliphatic heterocycles. The van der Waals surface area contributed by atoms with E-state index in [2.05, 4.69) is 0 Å². The van der Waals surface area contributed by atoms with Gasteiger partial charge in [0.1, 0.15) is 17.6 Å². The van der Waals surface area contributed by atoms with Crippen molar-refractivity contribution < 1.29 is 19.0 Å². The maximum Gasteiger partial charge on any atom is 0.192 e. The van der Waals surface area contributed by atoms with Gasteiger partial charge in [-0.2, -0.15) is 0 Å². The summed E-state index contributed by atoms with van der Waals surface area (Å²) in [6.07, 6.45) is -0.443. The topological polar surface area (TPSA) is 44.8 Å². The first-order valence-corrected chi connectivity index (χ1v) is 6.42. The van der Waals surface area contributed by atoms with Gasteiger partial charge in [-0.25, -0.2) is 0 Å². The molecule has 1 aromatic rings. The molecule has 1 unspecified atom stereocenters. The van der Waals surface area contributed by atoms with E-state index in [9.17, 15) is 4.79 Å². The fourth-order valence-corrected chi connectivity index (χ4v) is 1.86. The number of benzene rings is 1. The second kappa shape index (κ2) is 7.14. The van der Waals surface area contributed by atoms with Crippen LogP contribution in [0.5, 0.6) is 11.5 Å². The summed E-state index contributed by atoms with van der Waals surface area (Å²) in [6.45, 7) is 6.33. The summed E-state index contributed by atoms with van der Waals surface area (Å²) in [6, 6.07) is 5.15. The largest absolute Gasteiger partial charge is 0.497 e. The summed E-state index contributed by atoms with van der Waals surface area (Å²) in [5, 5.41) is 0. The van der Waals surface area contributed by atoms with Gasteiger partial charge in [-0.1, -0.05) is 13.8 Å². The highest BCUT2D eigenvalue weighted by molar-refractivity contribution is 6.00. The van der Waals surface area contributed by atoms with E-state index in [1.807, 2.05) is 20.8 Å². The van der Waals surface area contributed by atoms with Gasteiger partial charge < -0.3 is 14.2 Å². The highest BCUT2D eigenvalue weighted by Crippen LogP contribution is 2.25. The number of carbonyl (C=O) groups excluding carboxylic acids is 1. The number of hydrogen-bond acceptors (Lipinski definition) is 4. The Bertz CT molecular complexity index is 404. The van der Waals surface area contributed by atoms with Crippen LogP contribution in [0.4, 0.5) is 0 Å². The van der Waals surface area contributed by atoms with E-state index in [0.717, 1.165) is 0 Å². The molecule has 106 valence electrons. The van der Waals surface area contributed by atoms with Crippen molar-refractivity contribution >= 4 is 5.78 Å². The zero-order valence-electron chi connectivity index (χ0n) is 12.2. The van der Waals surface area contributed by atoms with E-state index >= 15 is 0 Å². The van der Waals surface area contributed by atoms with Crippen molar-refractivity contribution in [3.8, 4) is 11.5 Å². The van der Waals surface area contributed by atoms with Crippen molar-refractivity contribution in [1.29, 1.82) is 0 Å². The van der Waals surface area contributed by atoms with Crippen LogP contribution in [-0.2, 0) is 4.74 Å². The number of ether oxygens (including phenoxy) is 3. The zero-order chi connectivity index (χ0) is 14.4. The molecule has 19 heavy (non-hydrogen) atoms. The Kier molecular flexibility index (Phi) is 5.83. The molecule has 0 saturated heterocycles. The SMILES string of the molecule is CCOC(C(=O)c1cc(OC)cc(OC)c1)C(C)C. The molecule has 0 aliphatic rings. The fourth-order valence-electron chi connectivity index (χ4n) is 1.86. The van der Waals surface area contributed by atoms with E-state index in [1.165, 1.54) is 0 Å². The molecular formula is C15H22O4. The van der Waals surface area contributed by atoms with Crippen molar-refractivity contribution in [2.75, 3.05) is 20.8 Å². The molecule has 4 heteroatoms. The van der Waals surface area contributed by atoms with Crippen LogP contribution in [0, 0.1) is 5.92 Å². The standard InChI is InChI=1S/C15H22O4/c1-6-19-15(10(2)3)14(16)11-7-12(17-4)9-13(8-11)18-5/h7-10,15H,6H2,1-5H3. The maximum atomic E-state index is 12.5. The first kappa shape index (κ1) is 15.5. The summed E-state index contributed by atoms with van der Waals surface area (Å²) >= 11 is 0. The highest BCUT2D eigenvalue weighted by atomic mass is 16.5. The third kappa shape index (κ3) is 3.96. The maximum absolute atomic E-state index is 12.5. The molecule has 0 saturated carbocycles. The van der Waals surface area contributed by atoms with Gasteiger partial charge in [0.05, 0.1) is 14.2 Å². The van der Waals surface area contributed by atoms with Gasteiger partial charge >= 0.3 is 0 Å². The van der Waals surface area contributed by atoms with Gasteiger partial charge in [-0.05, 0) is 25.0 Å². The molecule has 0 radical (unpaired) electrons. The lowest BCUT2D eigenvalue weighted by atomic mass is 9.97. The van der Waals surface area contributed by atoms with Crippen LogP contribution in [0.3, 0.4) is 0 Å². The van der Waals surface area contributed by atoms with Crippen molar-refractivity contribution in [3.63, 3.8) is 0 Å². The smallest absolute Gasteiger partial charge is 0.192 e. The Balaban J connectivity index is 3.09. The van der Waals surface area contributed by atoms with E-state index in [4.69, 9.17) is 14.2 Å². The lowest BCUT2D eigenvalue weighted by Gasteiger charge is -2.20. The number of ketones is 1. The molecular weight excluding hydrogens is 244 g/mol. The van der Waals surface area contributed by atoms with Crippen molar-refractivity contribution in [3.05, 3.63) is 23.8 Å². The average Bonchev–Trinajstić information content (AvgIpc) is 2.42. The molecule has 1 atom stereocenters. The first-order chi connectivity index (χ1) is 9.03. The van der Waals surface area contributed by atoms with Gasteiger partial charge in [0.25, 0.3) is 0 Å². The minimum Gasteiger partial charge on any atom is -0.497 e. The second-order valence-electron chi connectivity index (χ2n) is 4.59. The third-order valence-electron chi connectivity index (χ3n) is 2.85. The molecule has 1 aromatic carbocycles. The molecule has 0 bridgehead atoms. The molecule has 4 nitrogen and oxygen atoms in total. The van der Waals surface area contributed by atoms with E-state index in [1.54, 1.807) is 32.4 Å². The summed E-state index contributed by atoms with van der Waals surface area (Å²) in [7, 11) is 3.12. The Morgan fingerprint density at radius 3 is 2.00 bits per heavy atom. The summed E-state index contributed by atoms with van der Waals surface area (Å²) in [4.78, 5) is 12.5. The Morgan fingerprint density at radius 1 is 1.11 bits per heavy atom. The Morgan fingerprint density at radius 2 is 1.63 bits per heavy atom.